The van der Waals surface area contributed by atoms with E-state index in [-0.39, 0.29) is 10.1 Å². The topological polar surface area (TPSA) is 35.5 Å². The largest absolute Gasteiger partial charge is 0.541 e. The van der Waals surface area contributed by atoms with E-state index < -0.39 is 16.6 Å². The minimum atomic E-state index is -2.05. The first-order valence-electron chi connectivity index (χ1n) is 10.7. The van der Waals surface area contributed by atoms with E-state index in [2.05, 4.69) is 79.9 Å². The van der Waals surface area contributed by atoms with Crippen molar-refractivity contribution in [1.29, 1.82) is 0 Å². The van der Waals surface area contributed by atoms with Gasteiger partial charge < -0.3 is 8.85 Å². The second-order valence-electron chi connectivity index (χ2n) is 11.1. The van der Waals surface area contributed by atoms with Crippen LogP contribution in [0.2, 0.25) is 36.3 Å². The molecule has 0 saturated heterocycles. The Morgan fingerprint density at radius 2 is 1.10 bits per heavy atom. The molecule has 0 radical (unpaired) electrons. The highest BCUT2D eigenvalue weighted by atomic mass is 28.4. The fourth-order valence-corrected chi connectivity index (χ4v) is 4.50. The van der Waals surface area contributed by atoms with Crippen LogP contribution in [0.3, 0.4) is 0 Å². The molecular formula is C25H38O3Si2. The van der Waals surface area contributed by atoms with Crippen molar-refractivity contribution in [1.82, 2.24) is 0 Å². The molecule has 0 atom stereocenters. The zero-order valence-electron chi connectivity index (χ0n) is 20.3. The Labute approximate surface area is 185 Å². The number of carbonyl (C=O) groups is 1. The second kappa shape index (κ2) is 8.35. The fraction of sp³-hybridized carbons (Fsp3) is 0.480. The highest BCUT2D eigenvalue weighted by Gasteiger charge is 2.42. The molecule has 0 spiro atoms. The van der Waals surface area contributed by atoms with E-state index in [1.807, 2.05) is 30.3 Å². The Morgan fingerprint density at radius 1 is 0.667 bits per heavy atom. The van der Waals surface area contributed by atoms with Crippen molar-refractivity contribution in [3.05, 3.63) is 48.0 Å². The third-order valence-electron chi connectivity index (χ3n) is 6.67. The molecule has 0 N–H and O–H groups in total. The van der Waals surface area contributed by atoms with Gasteiger partial charge in [-0.15, -0.1) is 0 Å². The van der Waals surface area contributed by atoms with E-state index in [1.54, 1.807) is 0 Å². The van der Waals surface area contributed by atoms with Gasteiger partial charge in [-0.05, 0) is 59.5 Å². The first kappa shape index (κ1) is 24.4. The van der Waals surface area contributed by atoms with Gasteiger partial charge in [0.05, 0.1) is 0 Å². The molecule has 2 aromatic rings. The van der Waals surface area contributed by atoms with Gasteiger partial charge in [-0.3, -0.25) is 4.79 Å². The third kappa shape index (κ3) is 5.44. The van der Waals surface area contributed by atoms with E-state index in [0.717, 1.165) is 28.9 Å². The number of aldehydes is 1. The van der Waals surface area contributed by atoms with Crippen LogP contribution in [0.25, 0.3) is 11.1 Å². The molecule has 0 aliphatic heterocycles. The predicted molar refractivity (Wildman–Crippen MR) is 133 cm³/mol. The third-order valence-corrected chi connectivity index (χ3v) is 15.4. The molecule has 2 aromatic carbocycles. The minimum Gasteiger partial charge on any atom is -0.541 e. The highest BCUT2D eigenvalue weighted by molar-refractivity contribution is 6.75. The molecule has 0 heterocycles. The van der Waals surface area contributed by atoms with Crippen molar-refractivity contribution < 1.29 is 13.6 Å². The van der Waals surface area contributed by atoms with Crippen molar-refractivity contribution in [2.45, 2.75) is 77.8 Å². The van der Waals surface area contributed by atoms with Gasteiger partial charge in [0, 0.05) is 5.56 Å². The number of hydrogen-bond acceptors (Lipinski definition) is 3. The van der Waals surface area contributed by atoms with Crippen molar-refractivity contribution in [3.63, 3.8) is 0 Å². The standard InChI is InChI=1S/C25H38O3Si2/c1-24(2,3)29(7,8)27-22-16-15-21(20-13-11-19(18-26)12-14-20)17-23(22)28-30(9,10)25(4,5)6/h11-18H,1-10H3. The fourth-order valence-electron chi connectivity index (χ4n) is 2.46. The van der Waals surface area contributed by atoms with Crippen LogP contribution in [0.15, 0.2) is 42.5 Å². The Kier molecular flexibility index (Phi) is 6.79. The van der Waals surface area contributed by atoms with Gasteiger partial charge in [-0.25, -0.2) is 0 Å². The van der Waals surface area contributed by atoms with E-state index in [4.69, 9.17) is 8.85 Å². The molecule has 164 valence electrons. The number of benzene rings is 2. The van der Waals surface area contributed by atoms with E-state index in [0.29, 0.717) is 5.56 Å². The molecule has 2 rings (SSSR count). The van der Waals surface area contributed by atoms with Crippen LogP contribution in [0, 0.1) is 0 Å². The lowest BCUT2D eigenvalue weighted by atomic mass is 10.0. The molecule has 0 saturated carbocycles. The van der Waals surface area contributed by atoms with Gasteiger partial charge in [0.25, 0.3) is 16.6 Å². The van der Waals surface area contributed by atoms with Gasteiger partial charge in [0.2, 0.25) is 0 Å². The van der Waals surface area contributed by atoms with Crippen LogP contribution in [0.1, 0.15) is 51.9 Å². The molecule has 30 heavy (non-hydrogen) atoms. The van der Waals surface area contributed by atoms with Crippen molar-refractivity contribution in [2.75, 3.05) is 0 Å². The van der Waals surface area contributed by atoms with Gasteiger partial charge in [0.15, 0.2) is 0 Å². The maximum atomic E-state index is 11.0. The predicted octanol–water partition coefficient (Wildman–Crippen LogP) is 7.93. The zero-order chi connectivity index (χ0) is 23.0. The number of carbonyl (C=O) groups excluding carboxylic acids is 1. The maximum absolute atomic E-state index is 11.0. The van der Waals surface area contributed by atoms with Crippen molar-refractivity contribution in [2.24, 2.45) is 0 Å². The molecular weight excluding hydrogens is 404 g/mol. The molecule has 0 fully saturated rings. The summed E-state index contributed by atoms with van der Waals surface area (Å²) in [5.74, 6) is 1.66. The van der Waals surface area contributed by atoms with Crippen LogP contribution < -0.4 is 8.85 Å². The Bertz CT molecular complexity index is 886. The highest BCUT2D eigenvalue weighted by Crippen LogP contribution is 2.44. The average molecular weight is 443 g/mol. The van der Waals surface area contributed by atoms with E-state index in [9.17, 15) is 4.79 Å². The Balaban J connectivity index is 2.54. The molecule has 0 aliphatic carbocycles. The van der Waals surface area contributed by atoms with Crippen LogP contribution >= 0.6 is 0 Å². The van der Waals surface area contributed by atoms with E-state index >= 15 is 0 Å². The minimum absolute atomic E-state index is 0.0862. The summed E-state index contributed by atoms with van der Waals surface area (Å²) in [6, 6.07) is 13.9. The van der Waals surface area contributed by atoms with Crippen LogP contribution in [-0.2, 0) is 0 Å². The summed E-state index contributed by atoms with van der Waals surface area (Å²) in [5.41, 5.74) is 2.79. The first-order valence-corrected chi connectivity index (χ1v) is 16.5. The van der Waals surface area contributed by atoms with Gasteiger partial charge in [-0.2, -0.15) is 0 Å². The van der Waals surface area contributed by atoms with Crippen molar-refractivity contribution >= 4 is 22.9 Å². The summed E-state index contributed by atoms with van der Waals surface area (Å²) in [6.45, 7) is 22.5. The quantitative estimate of drug-likeness (QED) is 0.336. The molecule has 0 aromatic heterocycles. The molecule has 0 bridgehead atoms. The zero-order valence-corrected chi connectivity index (χ0v) is 22.3. The lowest BCUT2D eigenvalue weighted by Gasteiger charge is -2.39. The molecule has 5 heteroatoms. The Morgan fingerprint density at radius 3 is 1.53 bits per heavy atom. The molecule has 0 aliphatic rings. The van der Waals surface area contributed by atoms with Gasteiger partial charge >= 0.3 is 0 Å². The molecule has 3 nitrogen and oxygen atoms in total. The second-order valence-corrected chi connectivity index (χ2v) is 20.6. The van der Waals surface area contributed by atoms with Crippen LogP contribution in [-0.4, -0.2) is 22.9 Å². The summed E-state index contributed by atoms with van der Waals surface area (Å²) in [6.07, 6.45) is 0.867. The van der Waals surface area contributed by atoms with E-state index in [1.165, 1.54) is 0 Å². The lowest BCUT2D eigenvalue weighted by Crippen LogP contribution is -2.45. The number of rotatable bonds is 6. The van der Waals surface area contributed by atoms with Crippen LogP contribution in [0.5, 0.6) is 11.5 Å². The average Bonchev–Trinajstić information content (AvgIpc) is 2.61. The maximum Gasteiger partial charge on any atom is 0.250 e. The smallest absolute Gasteiger partial charge is 0.250 e. The summed E-state index contributed by atoms with van der Waals surface area (Å²) < 4.78 is 13.4. The molecule has 0 unspecified atom stereocenters. The number of hydrogen-bond donors (Lipinski definition) is 0. The normalized spacial score (nSPS) is 13.1. The summed E-state index contributed by atoms with van der Waals surface area (Å²) in [5, 5.41) is 0.188. The monoisotopic (exact) mass is 442 g/mol. The summed E-state index contributed by atoms with van der Waals surface area (Å²) >= 11 is 0. The summed E-state index contributed by atoms with van der Waals surface area (Å²) in [7, 11) is -4.06. The Hall–Kier alpha value is -1.86. The lowest BCUT2D eigenvalue weighted by molar-refractivity contribution is 0.112. The van der Waals surface area contributed by atoms with Gasteiger partial charge in [0.1, 0.15) is 17.8 Å². The SMILES string of the molecule is CC(C)(C)[Si](C)(C)Oc1ccc(-c2ccc(C=O)cc2)cc1O[Si](C)(C)C(C)(C)C. The molecule has 0 amide bonds. The van der Waals surface area contributed by atoms with Gasteiger partial charge in [-0.1, -0.05) is 71.9 Å². The summed E-state index contributed by atoms with van der Waals surface area (Å²) in [4.78, 5) is 11.0. The van der Waals surface area contributed by atoms with Crippen molar-refractivity contribution in [3.8, 4) is 22.6 Å². The van der Waals surface area contributed by atoms with Crippen LogP contribution in [0.4, 0.5) is 0 Å². The first-order chi connectivity index (χ1) is 13.6.